The molecular weight excluding hydrogens is 188 g/mol. The fourth-order valence-corrected chi connectivity index (χ4v) is 2.86. The van der Waals surface area contributed by atoms with E-state index in [1.807, 2.05) is 0 Å². The lowest BCUT2D eigenvalue weighted by Gasteiger charge is -2.25. The van der Waals surface area contributed by atoms with E-state index in [9.17, 15) is 0 Å². The maximum Gasteiger partial charge on any atom is 0.0336 e. The topological polar surface area (TPSA) is 0 Å². The van der Waals surface area contributed by atoms with Crippen molar-refractivity contribution >= 4 is 23.4 Å². The number of thioether (sulfide) groups is 1. The Balaban J connectivity index is 2.09. The van der Waals surface area contributed by atoms with Crippen LogP contribution in [0.2, 0.25) is 0 Å². The Morgan fingerprint density at radius 1 is 1.25 bits per heavy atom. The summed E-state index contributed by atoms with van der Waals surface area (Å²) >= 11 is 8.13. The maximum atomic E-state index is 6.04. The van der Waals surface area contributed by atoms with Crippen LogP contribution in [0.4, 0.5) is 0 Å². The SMILES string of the molecule is CC(C)SCC1CCC(Cl)CC1. The summed E-state index contributed by atoms with van der Waals surface area (Å²) in [6, 6.07) is 0. The first-order valence-electron chi connectivity index (χ1n) is 4.94. The van der Waals surface area contributed by atoms with Gasteiger partial charge in [-0.25, -0.2) is 0 Å². The van der Waals surface area contributed by atoms with E-state index < -0.39 is 0 Å². The summed E-state index contributed by atoms with van der Waals surface area (Å²) in [5, 5.41) is 1.27. The van der Waals surface area contributed by atoms with Crippen molar-refractivity contribution in [3.05, 3.63) is 0 Å². The summed E-state index contributed by atoms with van der Waals surface area (Å²) in [4.78, 5) is 0. The Morgan fingerprint density at radius 2 is 1.83 bits per heavy atom. The van der Waals surface area contributed by atoms with Crippen molar-refractivity contribution in [2.45, 2.75) is 50.2 Å². The van der Waals surface area contributed by atoms with E-state index in [0.29, 0.717) is 5.38 Å². The molecule has 2 heteroatoms. The molecular formula is C10H19ClS. The van der Waals surface area contributed by atoms with Gasteiger partial charge in [0.25, 0.3) is 0 Å². The van der Waals surface area contributed by atoms with Crippen molar-refractivity contribution < 1.29 is 0 Å². The summed E-state index contributed by atoms with van der Waals surface area (Å²) in [6.45, 7) is 4.55. The van der Waals surface area contributed by atoms with Crippen molar-refractivity contribution in [2.75, 3.05) is 5.75 Å². The quantitative estimate of drug-likeness (QED) is 0.631. The number of halogens is 1. The van der Waals surface area contributed by atoms with Crippen LogP contribution >= 0.6 is 23.4 Å². The molecule has 0 aromatic heterocycles. The third-order valence-corrected chi connectivity index (χ3v) is 4.21. The maximum absolute atomic E-state index is 6.04. The molecule has 0 heterocycles. The number of alkyl halides is 1. The minimum atomic E-state index is 0.477. The average molecular weight is 207 g/mol. The monoisotopic (exact) mass is 206 g/mol. The standard InChI is InChI=1S/C10H19ClS/c1-8(2)12-7-9-3-5-10(11)6-4-9/h8-10H,3-7H2,1-2H3. The zero-order chi connectivity index (χ0) is 8.97. The van der Waals surface area contributed by atoms with Crippen molar-refractivity contribution in [1.82, 2.24) is 0 Å². The molecule has 0 aromatic rings. The molecule has 0 atom stereocenters. The Hall–Kier alpha value is 0.640. The van der Waals surface area contributed by atoms with Gasteiger partial charge in [-0.1, -0.05) is 13.8 Å². The van der Waals surface area contributed by atoms with E-state index in [-0.39, 0.29) is 0 Å². The fraction of sp³-hybridized carbons (Fsp3) is 1.00. The number of hydrogen-bond acceptors (Lipinski definition) is 1. The Morgan fingerprint density at radius 3 is 2.33 bits per heavy atom. The van der Waals surface area contributed by atoms with E-state index >= 15 is 0 Å². The molecule has 0 nitrogen and oxygen atoms in total. The van der Waals surface area contributed by atoms with Crippen molar-refractivity contribution in [3.63, 3.8) is 0 Å². The van der Waals surface area contributed by atoms with Crippen LogP contribution < -0.4 is 0 Å². The normalized spacial score (nSPS) is 31.0. The molecule has 1 saturated carbocycles. The van der Waals surface area contributed by atoms with Gasteiger partial charge in [-0.2, -0.15) is 11.8 Å². The highest BCUT2D eigenvalue weighted by molar-refractivity contribution is 7.99. The molecule has 1 fully saturated rings. The van der Waals surface area contributed by atoms with Crippen LogP contribution in [0.5, 0.6) is 0 Å². The van der Waals surface area contributed by atoms with Gasteiger partial charge >= 0.3 is 0 Å². The summed E-state index contributed by atoms with van der Waals surface area (Å²) in [5.41, 5.74) is 0. The molecule has 0 unspecified atom stereocenters. The summed E-state index contributed by atoms with van der Waals surface area (Å²) in [6.07, 6.45) is 5.19. The Bertz CT molecular complexity index is 117. The van der Waals surface area contributed by atoms with Crippen LogP contribution in [0, 0.1) is 5.92 Å². The molecule has 1 aliphatic carbocycles. The molecule has 1 aliphatic rings. The minimum absolute atomic E-state index is 0.477. The van der Waals surface area contributed by atoms with Crippen LogP contribution in [0.3, 0.4) is 0 Å². The molecule has 0 radical (unpaired) electrons. The van der Waals surface area contributed by atoms with Gasteiger partial charge in [0, 0.05) is 5.38 Å². The van der Waals surface area contributed by atoms with E-state index in [4.69, 9.17) is 11.6 Å². The highest BCUT2D eigenvalue weighted by Crippen LogP contribution is 2.30. The number of rotatable bonds is 3. The van der Waals surface area contributed by atoms with E-state index in [2.05, 4.69) is 25.6 Å². The molecule has 0 aromatic carbocycles. The molecule has 0 saturated heterocycles. The first kappa shape index (κ1) is 10.7. The molecule has 1 rings (SSSR count). The molecule has 72 valence electrons. The predicted molar refractivity (Wildman–Crippen MR) is 59.2 cm³/mol. The van der Waals surface area contributed by atoms with E-state index in [0.717, 1.165) is 11.2 Å². The van der Waals surface area contributed by atoms with Crippen molar-refractivity contribution in [1.29, 1.82) is 0 Å². The highest BCUT2D eigenvalue weighted by Gasteiger charge is 2.19. The highest BCUT2D eigenvalue weighted by atomic mass is 35.5. The molecule has 0 spiro atoms. The minimum Gasteiger partial charge on any atom is -0.159 e. The van der Waals surface area contributed by atoms with Gasteiger partial charge in [0.05, 0.1) is 0 Å². The third-order valence-electron chi connectivity index (χ3n) is 2.44. The van der Waals surface area contributed by atoms with Crippen LogP contribution in [0.15, 0.2) is 0 Å². The van der Waals surface area contributed by atoms with Crippen LogP contribution in [-0.2, 0) is 0 Å². The van der Waals surface area contributed by atoms with Gasteiger partial charge < -0.3 is 0 Å². The van der Waals surface area contributed by atoms with Gasteiger partial charge in [0.15, 0.2) is 0 Å². The molecule has 0 amide bonds. The van der Waals surface area contributed by atoms with Gasteiger partial charge in [-0.3, -0.25) is 0 Å². The fourth-order valence-electron chi connectivity index (χ4n) is 1.62. The summed E-state index contributed by atoms with van der Waals surface area (Å²) < 4.78 is 0. The Labute approximate surface area is 85.4 Å². The summed E-state index contributed by atoms with van der Waals surface area (Å²) in [5.74, 6) is 2.30. The largest absolute Gasteiger partial charge is 0.159 e. The van der Waals surface area contributed by atoms with Gasteiger partial charge in [0.1, 0.15) is 0 Å². The van der Waals surface area contributed by atoms with E-state index in [1.165, 1.54) is 31.4 Å². The smallest absolute Gasteiger partial charge is 0.0336 e. The number of hydrogen-bond donors (Lipinski definition) is 0. The lowest BCUT2D eigenvalue weighted by Crippen LogP contribution is -2.16. The second-order valence-electron chi connectivity index (χ2n) is 4.00. The van der Waals surface area contributed by atoms with Gasteiger partial charge in [-0.15, -0.1) is 11.6 Å². The zero-order valence-corrected chi connectivity index (χ0v) is 9.63. The average Bonchev–Trinajstić information content (AvgIpc) is 2.03. The molecule has 0 aliphatic heterocycles. The van der Waals surface area contributed by atoms with Crippen LogP contribution in [-0.4, -0.2) is 16.4 Å². The second kappa shape index (κ2) is 5.39. The second-order valence-corrected chi connectivity index (χ2v) is 6.23. The lowest BCUT2D eigenvalue weighted by molar-refractivity contribution is 0.395. The van der Waals surface area contributed by atoms with Crippen molar-refractivity contribution in [2.24, 2.45) is 5.92 Å². The van der Waals surface area contributed by atoms with E-state index in [1.54, 1.807) is 0 Å². The van der Waals surface area contributed by atoms with Crippen LogP contribution in [0.25, 0.3) is 0 Å². The molecule has 0 N–H and O–H groups in total. The first-order valence-corrected chi connectivity index (χ1v) is 6.42. The summed E-state index contributed by atoms with van der Waals surface area (Å²) in [7, 11) is 0. The first-order chi connectivity index (χ1) is 5.68. The molecule has 12 heavy (non-hydrogen) atoms. The van der Waals surface area contributed by atoms with Gasteiger partial charge in [0.2, 0.25) is 0 Å². The molecule has 0 bridgehead atoms. The van der Waals surface area contributed by atoms with Crippen molar-refractivity contribution in [3.8, 4) is 0 Å². The predicted octanol–water partition coefficient (Wildman–Crippen LogP) is 3.93. The third kappa shape index (κ3) is 4.04. The Kier molecular flexibility index (Phi) is 4.81. The van der Waals surface area contributed by atoms with Crippen LogP contribution in [0.1, 0.15) is 39.5 Å². The van der Waals surface area contributed by atoms with Gasteiger partial charge in [-0.05, 0) is 42.6 Å². The zero-order valence-electron chi connectivity index (χ0n) is 8.05. The lowest BCUT2D eigenvalue weighted by atomic mass is 9.90.